The van der Waals surface area contributed by atoms with Crippen LogP contribution in [0.15, 0.2) is 41.1 Å². The van der Waals surface area contributed by atoms with Crippen molar-refractivity contribution < 1.29 is 8.42 Å². The maximum Gasteiger partial charge on any atom is 0.250 e. The Hall–Kier alpha value is -2.76. The van der Waals surface area contributed by atoms with Gasteiger partial charge in [0, 0.05) is 42.8 Å². The van der Waals surface area contributed by atoms with Gasteiger partial charge in [0.15, 0.2) is 0 Å². The SMILES string of the molecule is CCc1ccc(S(=O)(=O)NC2CCN(c3ncnc4[nH]c(-c5cnn(C)c5)cc34)CC2)s1. The highest BCUT2D eigenvalue weighted by molar-refractivity contribution is 7.91. The molecule has 0 spiro atoms. The first-order valence-electron chi connectivity index (χ1n) is 10.6. The lowest BCUT2D eigenvalue weighted by Gasteiger charge is -2.33. The highest BCUT2D eigenvalue weighted by atomic mass is 32.2. The number of hydrogen-bond donors (Lipinski definition) is 2. The molecule has 0 aromatic carbocycles. The van der Waals surface area contributed by atoms with Crippen molar-refractivity contribution in [3.63, 3.8) is 0 Å². The van der Waals surface area contributed by atoms with Crippen molar-refractivity contribution >= 4 is 38.2 Å². The van der Waals surface area contributed by atoms with Gasteiger partial charge >= 0.3 is 0 Å². The van der Waals surface area contributed by atoms with E-state index < -0.39 is 10.0 Å². The molecule has 4 aromatic heterocycles. The Balaban J connectivity index is 1.30. The van der Waals surface area contributed by atoms with Crippen LogP contribution in [0, 0.1) is 0 Å². The molecule has 0 bridgehead atoms. The summed E-state index contributed by atoms with van der Waals surface area (Å²) in [5.41, 5.74) is 2.71. The van der Waals surface area contributed by atoms with Gasteiger partial charge in [-0.15, -0.1) is 11.3 Å². The van der Waals surface area contributed by atoms with Crippen LogP contribution < -0.4 is 9.62 Å². The molecule has 2 N–H and O–H groups in total. The Kier molecular flexibility index (Phi) is 5.48. The standard InChI is InChI=1S/C21H25N7O2S2/c1-3-16-4-5-19(31-16)32(29,30)26-15-6-8-28(9-7-15)21-17-10-18(14-11-24-27(2)12-14)25-20(17)22-13-23-21/h4-5,10-13,15,26H,3,6-9H2,1-2H3,(H,22,23,25). The molecule has 168 valence electrons. The maximum atomic E-state index is 12.7. The zero-order valence-electron chi connectivity index (χ0n) is 17.9. The molecular weight excluding hydrogens is 446 g/mol. The minimum Gasteiger partial charge on any atom is -0.356 e. The van der Waals surface area contributed by atoms with E-state index in [0.717, 1.165) is 65.3 Å². The molecule has 4 aromatic rings. The second-order valence-electron chi connectivity index (χ2n) is 8.00. The van der Waals surface area contributed by atoms with Gasteiger partial charge in [-0.1, -0.05) is 6.92 Å². The van der Waals surface area contributed by atoms with E-state index in [0.29, 0.717) is 4.21 Å². The third-order valence-corrected chi connectivity index (χ3v) is 9.03. The summed E-state index contributed by atoms with van der Waals surface area (Å²) in [6.07, 6.45) is 7.61. The van der Waals surface area contributed by atoms with E-state index in [1.807, 2.05) is 32.4 Å². The third kappa shape index (κ3) is 4.03. The van der Waals surface area contributed by atoms with Crippen LogP contribution >= 0.6 is 11.3 Å². The monoisotopic (exact) mass is 471 g/mol. The lowest BCUT2D eigenvalue weighted by Crippen LogP contribution is -2.44. The Bertz CT molecular complexity index is 1350. The Labute approximate surface area is 190 Å². The molecule has 0 aliphatic carbocycles. The number of nitrogens with zero attached hydrogens (tertiary/aromatic N) is 5. The van der Waals surface area contributed by atoms with Crippen molar-refractivity contribution in [2.45, 2.75) is 36.4 Å². The summed E-state index contributed by atoms with van der Waals surface area (Å²) in [4.78, 5) is 15.6. The largest absolute Gasteiger partial charge is 0.356 e. The van der Waals surface area contributed by atoms with Gasteiger partial charge in [-0.2, -0.15) is 5.10 Å². The molecule has 0 amide bonds. The van der Waals surface area contributed by atoms with Crippen LogP contribution in [0.1, 0.15) is 24.6 Å². The first-order valence-corrected chi connectivity index (χ1v) is 12.9. The normalized spacial score (nSPS) is 15.6. The number of piperidine rings is 1. The van der Waals surface area contributed by atoms with Gasteiger partial charge in [0.1, 0.15) is 22.0 Å². The average Bonchev–Trinajstić information content (AvgIpc) is 3.52. The van der Waals surface area contributed by atoms with Crippen molar-refractivity contribution in [3.8, 4) is 11.3 Å². The molecule has 1 fully saturated rings. The summed E-state index contributed by atoms with van der Waals surface area (Å²) in [7, 11) is -1.59. The molecule has 5 rings (SSSR count). The van der Waals surface area contributed by atoms with Gasteiger partial charge in [0.25, 0.3) is 0 Å². The third-order valence-electron chi connectivity index (χ3n) is 5.79. The number of H-pyrrole nitrogens is 1. The lowest BCUT2D eigenvalue weighted by molar-refractivity contribution is 0.459. The van der Waals surface area contributed by atoms with Gasteiger partial charge in [0.05, 0.1) is 17.3 Å². The number of hydrogen-bond acceptors (Lipinski definition) is 7. The summed E-state index contributed by atoms with van der Waals surface area (Å²) < 4.78 is 30.5. The van der Waals surface area contributed by atoms with E-state index in [1.165, 1.54) is 11.3 Å². The predicted molar refractivity (Wildman–Crippen MR) is 125 cm³/mol. The fourth-order valence-electron chi connectivity index (χ4n) is 4.07. The molecule has 9 nitrogen and oxygen atoms in total. The van der Waals surface area contributed by atoms with Crippen LogP contribution in [0.3, 0.4) is 0 Å². The number of sulfonamides is 1. The van der Waals surface area contributed by atoms with Crippen LogP contribution in [0.25, 0.3) is 22.3 Å². The van der Waals surface area contributed by atoms with Gasteiger partial charge < -0.3 is 9.88 Å². The number of nitrogens with one attached hydrogen (secondary N) is 2. The molecule has 1 saturated heterocycles. The van der Waals surface area contributed by atoms with Crippen LogP contribution in [0.4, 0.5) is 5.82 Å². The van der Waals surface area contributed by atoms with Gasteiger partial charge in [-0.3, -0.25) is 4.68 Å². The zero-order chi connectivity index (χ0) is 22.3. The topological polar surface area (TPSA) is 109 Å². The number of thiophene rings is 1. The summed E-state index contributed by atoms with van der Waals surface area (Å²) in [6.45, 7) is 3.47. The van der Waals surface area contributed by atoms with Gasteiger partial charge in [0.2, 0.25) is 10.0 Å². The van der Waals surface area contributed by atoms with E-state index in [4.69, 9.17) is 0 Å². The number of rotatable bonds is 6. The first kappa shape index (κ1) is 21.1. The van der Waals surface area contributed by atoms with Crippen molar-refractivity contribution in [2.24, 2.45) is 7.05 Å². The van der Waals surface area contributed by atoms with Crippen molar-refractivity contribution in [2.75, 3.05) is 18.0 Å². The van der Waals surface area contributed by atoms with E-state index in [2.05, 4.69) is 35.7 Å². The lowest BCUT2D eigenvalue weighted by atomic mass is 10.1. The molecule has 1 aliphatic rings. The number of aromatic nitrogens is 5. The van der Waals surface area contributed by atoms with Crippen molar-refractivity contribution in [3.05, 3.63) is 41.8 Å². The smallest absolute Gasteiger partial charge is 0.250 e. The number of anilines is 1. The molecule has 0 unspecified atom stereocenters. The summed E-state index contributed by atoms with van der Waals surface area (Å²) in [5.74, 6) is 0.869. The molecule has 0 radical (unpaired) electrons. The fourth-order valence-corrected chi connectivity index (χ4v) is 6.69. The summed E-state index contributed by atoms with van der Waals surface area (Å²) in [6, 6.07) is 5.56. The van der Waals surface area contributed by atoms with E-state index >= 15 is 0 Å². The molecule has 5 heterocycles. The van der Waals surface area contributed by atoms with Crippen LogP contribution in [0.5, 0.6) is 0 Å². The molecular formula is C21H25N7O2S2. The maximum absolute atomic E-state index is 12.7. The number of aromatic amines is 1. The highest BCUT2D eigenvalue weighted by Crippen LogP contribution is 2.30. The van der Waals surface area contributed by atoms with Crippen molar-refractivity contribution in [1.29, 1.82) is 0 Å². The Morgan fingerprint density at radius 1 is 1.25 bits per heavy atom. The van der Waals surface area contributed by atoms with Crippen molar-refractivity contribution in [1.82, 2.24) is 29.5 Å². The quantitative estimate of drug-likeness (QED) is 0.448. The second-order valence-corrected chi connectivity index (χ2v) is 11.1. The van der Waals surface area contributed by atoms with Crippen LogP contribution in [-0.2, 0) is 23.5 Å². The first-order chi connectivity index (χ1) is 15.4. The number of aryl methyl sites for hydroxylation is 2. The highest BCUT2D eigenvalue weighted by Gasteiger charge is 2.27. The summed E-state index contributed by atoms with van der Waals surface area (Å²) in [5, 5.41) is 5.19. The Morgan fingerprint density at radius 3 is 2.75 bits per heavy atom. The minimum atomic E-state index is -3.48. The van der Waals surface area contributed by atoms with E-state index in [1.54, 1.807) is 17.1 Å². The zero-order valence-corrected chi connectivity index (χ0v) is 19.6. The average molecular weight is 472 g/mol. The van der Waals surface area contributed by atoms with Crippen LogP contribution in [0.2, 0.25) is 0 Å². The fraction of sp³-hybridized carbons (Fsp3) is 0.381. The molecule has 32 heavy (non-hydrogen) atoms. The van der Waals surface area contributed by atoms with Gasteiger partial charge in [-0.05, 0) is 37.5 Å². The Morgan fingerprint density at radius 2 is 2.06 bits per heavy atom. The predicted octanol–water partition coefficient (Wildman–Crippen LogP) is 2.93. The molecule has 11 heteroatoms. The summed E-state index contributed by atoms with van der Waals surface area (Å²) >= 11 is 1.34. The van der Waals surface area contributed by atoms with Gasteiger partial charge in [-0.25, -0.2) is 23.1 Å². The molecule has 1 aliphatic heterocycles. The van der Waals surface area contributed by atoms with Crippen LogP contribution in [-0.4, -0.2) is 52.3 Å². The van der Waals surface area contributed by atoms with E-state index in [9.17, 15) is 8.42 Å². The molecule has 0 atom stereocenters. The van der Waals surface area contributed by atoms with E-state index in [-0.39, 0.29) is 6.04 Å². The molecule has 0 saturated carbocycles. The minimum absolute atomic E-state index is 0.0852. The number of fused-ring (bicyclic) bond motifs is 1. The second kappa shape index (κ2) is 8.30.